The van der Waals surface area contributed by atoms with E-state index in [9.17, 15) is 9.59 Å². The largest absolute Gasteiger partial charge is 0.481 e. The van der Waals surface area contributed by atoms with Crippen molar-refractivity contribution in [1.82, 2.24) is 9.80 Å². The maximum atomic E-state index is 12.3. The zero-order chi connectivity index (χ0) is 14.0. The number of hydrogen-bond donors (Lipinski definition) is 1. The molecule has 1 saturated carbocycles. The molecule has 2 rings (SSSR count). The van der Waals surface area contributed by atoms with Crippen molar-refractivity contribution in [2.45, 2.75) is 33.1 Å². The zero-order valence-corrected chi connectivity index (χ0v) is 11.8. The van der Waals surface area contributed by atoms with E-state index in [1.165, 1.54) is 19.3 Å². The van der Waals surface area contributed by atoms with Crippen LogP contribution in [0, 0.1) is 17.8 Å². The Kier molecular flexibility index (Phi) is 4.32. The van der Waals surface area contributed by atoms with Gasteiger partial charge in [-0.15, -0.1) is 0 Å². The number of carboxylic acid groups (broad SMARTS) is 1. The van der Waals surface area contributed by atoms with Crippen molar-refractivity contribution in [1.29, 1.82) is 0 Å². The van der Waals surface area contributed by atoms with Gasteiger partial charge in [0.15, 0.2) is 0 Å². The Morgan fingerprint density at radius 3 is 2.42 bits per heavy atom. The van der Waals surface area contributed by atoms with Crippen molar-refractivity contribution < 1.29 is 14.7 Å². The van der Waals surface area contributed by atoms with Gasteiger partial charge in [-0.25, -0.2) is 4.79 Å². The third kappa shape index (κ3) is 3.01. The highest BCUT2D eigenvalue weighted by Gasteiger charge is 2.38. The van der Waals surface area contributed by atoms with Crippen LogP contribution in [0.25, 0.3) is 0 Å². The summed E-state index contributed by atoms with van der Waals surface area (Å²) in [5, 5.41) is 8.94. The van der Waals surface area contributed by atoms with E-state index < -0.39 is 5.97 Å². The molecule has 19 heavy (non-hydrogen) atoms. The van der Waals surface area contributed by atoms with Crippen LogP contribution in [0.2, 0.25) is 0 Å². The molecule has 0 bridgehead atoms. The molecule has 1 aliphatic heterocycles. The van der Waals surface area contributed by atoms with Crippen molar-refractivity contribution in [3.63, 3.8) is 0 Å². The Hall–Kier alpha value is -1.26. The van der Waals surface area contributed by atoms with E-state index in [1.54, 1.807) is 11.8 Å². The molecule has 108 valence electrons. The molecule has 2 aliphatic rings. The number of carboxylic acids is 1. The van der Waals surface area contributed by atoms with E-state index >= 15 is 0 Å². The molecule has 1 unspecified atom stereocenters. The molecule has 1 N–H and O–H groups in total. The smallest absolute Gasteiger partial charge is 0.320 e. The molecule has 5 nitrogen and oxygen atoms in total. The first-order valence-electron chi connectivity index (χ1n) is 7.29. The fraction of sp³-hybridized carbons (Fsp3) is 0.857. The summed E-state index contributed by atoms with van der Waals surface area (Å²) in [6.07, 6.45) is 3.77. The van der Waals surface area contributed by atoms with E-state index in [2.05, 4.69) is 0 Å². The van der Waals surface area contributed by atoms with E-state index in [0.29, 0.717) is 19.0 Å². The number of nitrogens with zero attached hydrogens (tertiary/aromatic N) is 2. The molecule has 1 aliphatic carbocycles. The second-order valence-electron chi connectivity index (χ2n) is 5.91. The summed E-state index contributed by atoms with van der Waals surface area (Å²) >= 11 is 0. The van der Waals surface area contributed by atoms with Crippen LogP contribution in [0.3, 0.4) is 0 Å². The van der Waals surface area contributed by atoms with E-state index in [-0.39, 0.29) is 17.9 Å². The predicted octanol–water partition coefficient (Wildman–Crippen LogP) is 1.88. The molecule has 1 atom stereocenters. The lowest BCUT2D eigenvalue weighted by Crippen LogP contribution is -2.58. The molecule has 1 saturated heterocycles. The number of carbonyl (C=O) groups excluding carboxylic acids is 1. The fourth-order valence-corrected chi connectivity index (χ4v) is 2.72. The minimum absolute atomic E-state index is 0.0863. The number of hydrogen-bond acceptors (Lipinski definition) is 2. The highest BCUT2D eigenvalue weighted by molar-refractivity contribution is 5.76. The number of likely N-dealkylation sites (tertiary alicyclic amines) is 1. The summed E-state index contributed by atoms with van der Waals surface area (Å²) in [5.41, 5.74) is 0. The molecule has 5 heteroatoms. The van der Waals surface area contributed by atoms with Crippen LogP contribution in [0.1, 0.15) is 33.1 Å². The number of urea groups is 1. The molecule has 2 fully saturated rings. The zero-order valence-electron chi connectivity index (χ0n) is 11.8. The van der Waals surface area contributed by atoms with Crippen LogP contribution in [0.15, 0.2) is 0 Å². The highest BCUT2D eigenvalue weighted by atomic mass is 16.4. The molecule has 0 radical (unpaired) electrons. The summed E-state index contributed by atoms with van der Waals surface area (Å²) in [7, 11) is 0. The van der Waals surface area contributed by atoms with Crippen molar-refractivity contribution in [3.05, 3.63) is 0 Å². The molecular weight excluding hydrogens is 244 g/mol. The Balaban J connectivity index is 1.78. The molecule has 0 aromatic carbocycles. The molecule has 0 aromatic heterocycles. The SMILES string of the molecule is CCN(CC1CCC1)C(=O)N1CC(C(C)C(=O)O)C1. The van der Waals surface area contributed by atoms with Crippen molar-refractivity contribution in [2.75, 3.05) is 26.2 Å². The van der Waals surface area contributed by atoms with Crippen LogP contribution >= 0.6 is 0 Å². The molecule has 1 heterocycles. The number of carbonyl (C=O) groups is 2. The Morgan fingerprint density at radius 2 is 2.00 bits per heavy atom. The first-order valence-corrected chi connectivity index (χ1v) is 7.29. The van der Waals surface area contributed by atoms with Gasteiger partial charge in [-0.05, 0) is 25.7 Å². The normalized spacial score (nSPS) is 21.5. The van der Waals surface area contributed by atoms with E-state index in [4.69, 9.17) is 5.11 Å². The fourth-order valence-electron chi connectivity index (χ4n) is 2.72. The van der Waals surface area contributed by atoms with Gasteiger partial charge in [0.05, 0.1) is 5.92 Å². The minimum atomic E-state index is -0.765. The average molecular weight is 268 g/mol. The summed E-state index contributed by atoms with van der Waals surface area (Å²) in [6, 6.07) is 0.0863. The Labute approximate surface area is 114 Å². The molecule has 0 aromatic rings. The van der Waals surface area contributed by atoms with Crippen LogP contribution in [-0.2, 0) is 4.79 Å². The van der Waals surface area contributed by atoms with Gasteiger partial charge in [0, 0.05) is 32.1 Å². The first-order chi connectivity index (χ1) is 9.02. The van der Waals surface area contributed by atoms with Crippen molar-refractivity contribution >= 4 is 12.0 Å². The van der Waals surface area contributed by atoms with E-state index in [0.717, 1.165) is 13.1 Å². The quantitative estimate of drug-likeness (QED) is 0.828. The molecular formula is C14H24N2O3. The average Bonchev–Trinajstić information content (AvgIpc) is 2.25. The molecule has 0 spiro atoms. The van der Waals surface area contributed by atoms with Crippen LogP contribution in [0.4, 0.5) is 4.79 Å². The third-order valence-corrected chi connectivity index (χ3v) is 4.63. The summed E-state index contributed by atoms with van der Waals surface area (Å²) in [6.45, 7) is 6.52. The summed E-state index contributed by atoms with van der Waals surface area (Å²) in [5.74, 6) is -0.326. The lowest BCUT2D eigenvalue weighted by atomic mass is 9.85. The van der Waals surface area contributed by atoms with Gasteiger partial charge in [-0.2, -0.15) is 0 Å². The summed E-state index contributed by atoms with van der Waals surface area (Å²) < 4.78 is 0. The maximum Gasteiger partial charge on any atom is 0.320 e. The van der Waals surface area contributed by atoms with Crippen LogP contribution in [-0.4, -0.2) is 53.1 Å². The van der Waals surface area contributed by atoms with Gasteiger partial charge in [0.2, 0.25) is 0 Å². The molecule has 2 amide bonds. The van der Waals surface area contributed by atoms with Crippen molar-refractivity contribution in [3.8, 4) is 0 Å². The topological polar surface area (TPSA) is 60.9 Å². The third-order valence-electron chi connectivity index (χ3n) is 4.63. The van der Waals surface area contributed by atoms with Gasteiger partial charge in [0.1, 0.15) is 0 Å². The van der Waals surface area contributed by atoms with Crippen LogP contribution in [0.5, 0.6) is 0 Å². The second-order valence-corrected chi connectivity index (χ2v) is 5.91. The number of rotatable bonds is 5. The van der Waals surface area contributed by atoms with Gasteiger partial charge in [-0.1, -0.05) is 13.3 Å². The lowest BCUT2D eigenvalue weighted by Gasteiger charge is -2.44. The minimum Gasteiger partial charge on any atom is -0.481 e. The van der Waals surface area contributed by atoms with Gasteiger partial charge < -0.3 is 14.9 Å². The maximum absolute atomic E-state index is 12.3. The van der Waals surface area contributed by atoms with Gasteiger partial charge in [-0.3, -0.25) is 4.79 Å². The number of aliphatic carboxylic acids is 1. The van der Waals surface area contributed by atoms with Crippen LogP contribution < -0.4 is 0 Å². The van der Waals surface area contributed by atoms with Crippen molar-refractivity contribution in [2.24, 2.45) is 17.8 Å². The lowest BCUT2D eigenvalue weighted by molar-refractivity contribution is -0.144. The predicted molar refractivity (Wildman–Crippen MR) is 71.8 cm³/mol. The number of amides is 2. The van der Waals surface area contributed by atoms with Gasteiger partial charge in [0.25, 0.3) is 0 Å². The van der Waals surface area contributed by atoms with E-state index in [1.807, 2.05) is 11.8 Å². The van der Waals surface area contributed by atoms with Gasteiger partial charge >= 0.3 is 12.0 Å². The Bertz CT molecular complexity index is 349. The first kappa shape index (κ1) is 14.2. The monoisotopic (exact) mass is 268 g/mol. The Morgan fingerprint density at radius 1 is 1.37 bits per heavy atom. The standard InChI is InChI=1S/C14H24N2O3/c1-3-15(7-11-5-4-6-11)14(19)16-8-12(9-16)10(2)13(17)18/h10-12H,3-9H2,1-2H3,(H,17,18). The summed E-state index contributed by atoms with van der Waals surface area (Å²) in [4.78, 5) is 26.8. The highest BCUT2D eigenvalue weighted by Crippen LogP contribution is 2.29. The second kappa shape index (κ2) is 5.80.